The first kappa shape index (κ1) is 17.8. The van der Waals surface area contributed by atoms with Crippen LogP contribution in [-0.4, -0.2) is 14.9 Å². The maximum absolute atomic E-state index is 11.5. The van der Waals surface area contributed by atoms with Crippen molar-refractivity contribution >= 4 is 27.5 Å². The van der Waals surface area contributed by atoms with Crippen molar-refractivity contribution in [3.8, 4) is 22.5 Å². The van der Waals surface area contributed by atoms with Crippen LogP contribution in [0.2, 0.25) is 0 Å². The third-order valence-corrected chi connectivity index (χ3v) is 6.35. The molecule has 5 nitrogen and oxygen atoms in total. The summed E-state index contributed by atoms with van der Waals surface area (Å²) in [5, 5.41) is 13.5. The molecular weight excluding hydrogens is 386 g/mol. The van der Waals surface area contributed by atoms with E-state index in [1.54, 1.807) is 12.1 Å². The number of H-pyrrole nitrogens is 1. The van der Waals surface area contributed by atoms with E-state index >= 15 is 0 Å². The molecule has 3 aromatic carbocycles. The summed E-state index contributed by atoms with van der Waals surface area (Å²) in [5.74, 6) is 0. The number of non-ortho nitro benzene ring substituents is 1. The zero-order valence-electron chi connectivity index (χ0n) is 17.0. The van der Waals surface area contributed by atoms with Crippen molar-refractivity contribution < 1.29 is 4.92 Å². The number of nitrogens with zero attached hydrogens (tertiary/aromatic N) is 2. The van der Waals surface area contributed by atoms with Gasteiger partial charge in [-0.05, 0) is 53.6 Å². The van der Waals surface area contributed by atoms with Gasteiger partial charge in [0.2, 0.25) is 0 Å². The summed E-state index contributed by atoms with van der Waals surface area (Å²) in [6, 6.07) is 21.5. The van der Waals surface area contributed by atoms with Gasteiger partial charge in [-0.15, -0.1) is 0 Å². The van der Waals surface area contributed by atoms with E-state index in [0.717, 1.165) is 57.3 Å². The van der Waals surface area contributed by atoms with Crippen molar-refractivity contribution in [2.24, 2.45) is 0 Å². The van der Waals surface area contributed by atoms with Crippen LogP contribution in [0.15, 0.2) is 66.7 Å². The molecule has 0 amide bonds. The Morgan fingerprint density at radius 3 is 2.55 bits per heavy atom. The van der Waals surface area contributed by atoms with Gasteiger partial charge in [-0.25, -0.2) is 4.98 Å². The molecule has 0 aliphatic heterocycles. The molecule has 5 heteroatoms. The lowest BCUT2D eigenvalue weighted by Crippen LogP contribution is -2.08. The number of hydrogen-bond donors (Lipinski definition) is 1. The third-order valence-electron chi connectivity index (χ3n) is 6.35. The summed E-state index contributed by atoms with van der Waals surface area (Å²) in [4.78, 5) is 19.8. The molecule has 2 heterocycles. The number of hydrogen-bond acceptors (Lipinski definition) is 3. The van der Waals surface area contributed by atoms with Crippen LogP contribution < -0.4 is 0 Å². The van der Waals surface area contributed by atoms with Crippen LogP contribution in [-0.2, 0) is 12.8 Å². The number of pyridine rings is 1. The number of benzene rings is 3. The van der Waals surface area contributed by atoms with E-state index < -0.39 is 0 Å². The highest BCUT2D eigenvalue weighted by atomic mass is 16.6. The van der Waals surface area contributed by atoms with Gasteiger partial charge in [0, 0.05) is 28.4 Å². The van der Waals surface area contributed by atoms with E-state index in [1.165, 1.54) is 22.6 Å². The minimum Gasteiger partial charge on any atom is -0.353 e. The Bertz CT molecular complexity index is 1520. The number of rotatable bonds is 2. The average Bonchev–Trinajstić information content (AvgIpc) is 3.18. The number of nitro benzene ring substituents is 1. The maximum Gasteiger partial charge on any atom is 0.270 e. The fourth-order valence-corrected chi connectivity index (χ4v) is 4.92. The van der Waals surface area contributed by atoms with Crippen LogP contribution in [0.3, 0.4) is 0 Å². The highest BCUT2D eigenvalue weighted by Crippen LogP contribution is 2.44. The predicted octanol–water partition coefficient (Wildman–Crippen LogP) is 6.37. The standard InChI is InChI=1S/C26H19N3O2/c1-15-6-5-9-18-19-11-12-20-23(16-7-3-2-4-8-16)21-14-17(29(30)31)10-13-22(21)27-26(20)25(19)28-24(15)18/h2-10,13-14,28H,11-12H2,1H3. The first-order valence-corrected chi connectivity index (χ1v) is 10.4. The van der Waals surface area contributed by atoms with Gasteiger partial charge < -0.3 is 4.98 Å². The summed E-state index contributed by atoms with van der Waals surface area (Å²) in [7, 11) is 0. The second-order valence-electron chi connectivity index (χ2n) is 8.11. The zero-order chi connectivity index (χ0) is 21.1. The van der Waals surface area contributed by atoms with Gasteiger partial charge in [-0.3, -0.25) is 10.1 Å². The van der Waals surface area contributed by atoms with Crippen LogP contribution in [0.5, 0.6) is 0 Å². The molecule has 2 aromatic heterocycles. The second kappa shape index (κ2) is 6.51. The number of fused-ring (bicyclic) bond motifs is 6. The van der Waals surface area contributed by atoms with Gasteiger partial charge in [0.25, 0.3) is 5.69 Å². The molecule has 1 aliphatic carbocycles. The van der Waals surface area contributed by atoms with Crippen LogP contribution in [0.1, 0.15) is 16.7 Å². The van der Waals surface area contributed by atoms with Crippen molar-refractivity contribution in [2.75, 3.05) is 0 Å². The number of nitrogens with one attached hydrogen (secondary N) is 1. The molecule has 5 aromatic rings. The van der Waals surface area contributed by atoms with Crippen molar-refractivity contribution in [3.63, 3.8) is 0 Å². The van der Waals surface area contributed by atoms with E-state index in [2.05, 4.69) is 42.2 Å². The Hall–Kier alpha value is -3.99. The Balaban J connectivity index is 1.73. The Kier molecular flexibility index (Phi) is 3.74. The Morgan fingerprint density at radius 2 is 1.74 bits per heavy atom. The molecule has 6 rings (SSSR count). The molecule has 0 atom stereocenters. The fourth-order valence-electron chi connectivity index (χ4n) is 4.92. The van der Waals surface area contributed by atoms with Crippen molar-refractivity contribution in [1.29, 1.82) is 0 Å². The number of aromatic nitrogens is 2. The van der Waals surface area contributed by atoms with E-state index in [9.17, 15) is 10.1 Å². The van der Waals surface area contributed by atoms with Gasteiger partial charge in [-0.2, -0.15) is 0 Å². The van der Waals surface area contributed by atoms with Gasteiger partial charge in [0.05, 0.1) is 21.8 Å². The van der Waals surface area contributed by atoms with Crippen molar-refractivity contribution in [3.05, 3.63) is 93.5 Å². The van der Waals surface area contributed by atoms with E-state index in [4.69, 9.17) is 4.98 Å². The summed E-state index contributed by atoms with van der Waals surface area (Å²) >= 11 is 0. The van der Waals surface area contributed by atoms with E-state index in [-0.39, 0.29) is 10.6 Å². The summed E-state index contributed by atoms with van der Waals surface area (Å²) in [5.41, 5.74) is 9.82. The minimum absolute atomic E-state index is 0.0872. The largest absolute Gasteiger partial charge is 0.353 e. The summed E-state index contributed by atoms with van der Waals surface area (Å²) in [6.45, 7) is 2.12. The average molecular weight is 405 g/mol. The molecule has 0 bridgehead atoms. The summed E-state index contributed by atoms with van der Waals surface area (Å²) in [6.07, 6.45) is 1.76. The van der Waals surface area contributed by atoms with Gasteiger partial charge >= 0.3 is 0 Å². The number of nitro groups is 1. The maximum atomic E-state index is 11.5. The highest BCUT2D eigenvalue weighted by molar-refractivity contribution is 6.02. The smallest absolute Gasteiger partial charge is 0.270 e. The first-order valence-electron chi connectivity index (χ1n) is 10.4. The number of aryl methyl sites for hydroxylation is 2. The molecule has 150 valence electrons. The van der Waals surface area contributed by atoms with Crippen LogP contribution in [0.4, 0.5) is 5.69 Å². The molecule has 0 saturated carbocycles. The summed E-state index contributed by atoms with van der Waals surface area (Å²) < 4.78 is 0. The molecule has 0 fully saturated rings. The van der Waals surface area contributed by atoms with Crippen LogP contribution in [0.25, 0.3) is 44.3 Å². The van der Waals surface area contributed by atoms with Crippen molar-refractivity contribution in [1.82, 2.24) is 9.97 Å². The van der Waals surface area contributed by atoms with Crippen LogP contribution in [0, 0.1) is 17.0 Å². The molecule has 0 unspecified atom stereocenters. The number of aromatic amines is 1. The van der Waals surface area contributed by atoms with Gasteiger partial charge in [0.15, 0.2) is 0 Å². The lowest BCUT2D eigenvalue weighted by Gasteiger charge is -2.21. The molecule has 0 spiro atoms. The Morgan fingerprint density at radius 1 is 0.935 bits per heavy atom. The quantitative estimate of drug-likeness (QED) is 0.274. The van der Waals surface area contributed by atoms with E-state index in [0.29, 0.717) is 0 Å². The Labute approximate surface area is 178 Å². The zero-order valence-corrected chi connectivity index (χ0v) is 17.0. The fraction of sp³-hybridized carbons (Fsp3) is 0.115. The topological polar surface area (TPSA) is 71.8 Å². The molecule has 1 aliphatic rings. The van der Waals surface area contributed by atoms with Crippen LogP contribution >= 0.6 is 0 Å². The van der Waals surface area contributed by atoms with Gasteiger partial charge in [-0.1, -0.05) is 48.5 Å². The predicted molar refractivity (Wildman–Crippen MR) is 123 cm³/mol. The third kappa shape index (κ3) is 2.60. The minimum atomic E-state index is -0.341. The number of para-hydroxylation sites is 1. The normalized spacial score (nSPS) is 12.7. The van der Waals surface area contributed by atoms with Gasteiger partial charge in [0.1, 0.15) is 0 Å². The highest BCUT2D eigenvalue weighted by Gasteiger charge is 2.27. The molecule has 1 N–H and O–H groups in total. The second-order valence-corrected chi connectivity index (χ2v) is 8.11. The lowest BCUT2D eigenvalue weighted by molar-refractivity contribution is -0.384. The monoisotopic (exact) mass is 405 g/mol. The molecule has 0 radical (unpaired) electrons. The molecule has 0 saturated heterocycles. The lowest BCUT2D eigenvalue weighted by atomic mass is 9.85. The van der Waals surface area contributed by atoms with Crippen molar-refractivity contribution in [2.45, 2.75) is 19.8 Å². The SMILES string of the molecule is Cc1cccc2c3c([nH]c12)-c1nc2ccc([N+](=O)[O-])cc2c(-c2ccccc2)c1CC3. The first-order chi connectivity index (χ1) is 15.1. The molecule has 31 heavy (non-hydrogen) atoms. The molecular formula is C26H19N3O2. The van der Waals surface area contributed by atoms with E-state index in [1.807, 2.05) is 18.2 Å².